The van der Waals surface area contributed by atoms with Gasteiger partial charge in [0.25, 0.3) is 0 Å². The van der Waals surface area contributed by atoms with Crippen molar-refractivity contribution in [2.45, 2.75) is 33.6 Å². The average Bonchev–Trinajstić information content (AvgIpc) is 2.85. The van der Waals surface area contributed by atoms with E-state index in [9.17, 15) is 19.2 Å². The number of hydrogen-bond donors (Lipinski definition) is 0. The summed E-state index contributed by atoms with van der Waals surface area (Å²) in [7, 11) is 0. The molecule has 4 atom stereocenters. The van der Waals surface area contributed by atoms with Crippen LogP contribution in [-0.4, -0.2) is 23.1 Å². The monoisotopic (exact) mass is 476 g/mol. The lowest BCUT2D eigenvalue weighted by Gasteiger charge is -2.49. The molecule has 0 N–H and O–H groups in total. The average molecular weight is 477 g/mol. The third-order valence-electron chi connectivity index (χ3n) is 7.91. The van der Waals surface area contributed by atoms with Crippen LogP contribution in [0.2, 0.25) is 0 Å². The van der Waals surface area contributed by atoms with Crippen molar-refractivity contribution in [3.05, 3.63) is 112 Å². The number of benzene rings is 2. The minimum atomic E-state index is -1.34. The molecule has 4 nitrogen and oxygen atoms in total. The van der Waals surface area contributed by atoms with Gasteiger partial charge in [-0.2, -0.15) is 0 Å². The molecule has 0 saturated heterocycles. The molecule has 0 bridgehead atoms. The fraction of sp³-hybridized carbons (Fsp3) is 0.250. The van der Waals surface area contributed by atoms with Crippen molar-refractivity contribution in [1.82, 2.24) is 0 Å². The van der Waals surface area contributed by atoms with Crippen LogP contribution in [0.3, 0.4) is 0 Å². The highest BCUT2D eigenvalue weighted by Crippen LogP contribution is 2.57. The molecule has 0 amide bonds. The topological polar surface area (TPSA) is 68.3 Å². The summed E-state index contributed by atoms with van der Waals surface area (Å²) in [4.78, 5) is 53.7. The maximum atomic E-state index is 14.0. The molecule has 5 rings (SSSR count). The molecular weight excluding hydrogens is 448 g/mol. The minimum absolute atomic E-state index is 0.232. The minimum Gasteiger partial charge on any atom is -0.294 e. The molecule has 4 heteroatoms. The van der Waals surface area contributed by atoms with Gasteiger partial charge in [-0.3, -0.25) is 19.2 Å². The van der Waals surface area contributed by atoms with Gasteiger partial charge in [0.1, 0.15) is 0 Å². The van der Waals surface area contributed by atoms with Crippen molar-refractivity contribution in [3.63, 3.8) is 0 Å². The zero-order valence-electron chi connectivity index (χ0n) is 20.9. The predicted octanol–water partition coefficient (Wildman–Crippen LogP) is 5.29. The van der Waals surface area contributed by atoms with Crippen molar-refractivity contribution in [2.75, 3.05) is 0 Å². The lowest BCUT2D eigenvalue weighted by molar-refractivity contribution is -0.140. The first-order valence-electron chi connectivity index (χ1n) is 12.2. The zero-order chi connectivity index (χ0) is 25.8. The van der Waals surface area contributed by atoms with E-state index in [2.05, 4.69) is 0 Å². The molecule has 3 aliphatic rings. The lowest BCUT2D eigenvalue weighted by Crippen LogP contribution is -2.55. The SMILES string of the molecule is Cc1ccc(C)c(/C=C/[C@]23C(=O)C=CC(=O)[C@H]2[C@H]2C(=O)C=CC(=O)C2=C[C@H]3c2cc(C)ccc2C)c1. The van der Waals surface area contributed by atoms with E-state index in [0.717, 1.165) is 33.4 Å². The van der Waals surface area contributed by atoms with E-state index in [1.807, 2.05) is 76.2 Å². The summed E-state index contributed by atoms with van der Waals surface area (Å²) in [5, 5.41) is 0. The molecule has 3 aliphatic carbocycles. The Kier molecular flexibility index (Phi) is 5.71. The van der Waals surface area contributed by atoms with Crippen molar-refractivity contribution in [2.24, 2.45) is 17.3 Å². The molecule has 2 aromatic rings. The second-order valence-electron chi connectivity index (χ2n) is 10.2. The number of ketones is 4. The highest BCUT2D eigenvalue weighted by atomic mass is 16.2. The van der Waals surface area contributed by atoms with Gasteiger partial charge in [0.15, 0.2) is 23.1 Å². The van der Waals surface area contributed by atoms with Crippen LogP contribution in [0.1, 0.15) is 39.3 Å². The molecule has 0 aromatic heterocycles. The Morgan fingerprint density at radius 3 is 2.17 bits per heavy atom. The van der Waals surface area contributed by atoms with E-state index in [1.165, 1.54) is 24.3 Å². The zero-order valence-corrected chi connectivity index (χ0v) is 20.9. The van der Waals surface area contributed by atoms with Gasteiger partial charge in [-0.25, -0.2) is 0 Å². The van der Waals surface area contributed by atoms with Crippen molar-refractivity contribution < 1.29 is 19.2 Å². The van der Waals surface area contributed by atoms with E-state index in [0.29, 0.717) is 5.57 Å². The summed E-state index contributed by atoms with van der Waals surface area (Å²) in [6, 6.07) is 12.1. The molecule has 180 valence electrons. The summed E-state index contributed by atoms with van der Waals surface area (Å²) in [5.74, 6) is -3.69. The van der Waals surface area contributed by atoms with Gasteiger partial charge >= 0.3 is 0 Å². The standard InChI is InChI=1S/C32H28O4/c1-18-5-7-20(3)22(15-18)13-14-32-25(23-16-19(2)6-8-21(23)4)17-24-26(33)9-10-27(34)30(24)31(32)28(35)11-12-29(32)36/h5-17,25,30-31H,1-4H3/b14-13+/t25-,30+,31-,32-/m0/s1. The Morgan fingerprint density at radius 2 is 1.42 bits per heavy atom. The molecule has 2 aromatic carbocycles. The van der Waals surface area contributed by atoms with Gasteiger partial charge in [-0.1, -0.05) is 65.8 Å². The smallest absolute Gasteiger partial charge is 0.182 e. The van der Waals surface area contributed by atoms with Crippen molar-refractivity contribution in [1.29, 1.82) is 0 Å². The van der Waals surface area contributed by atoms with E-state index in [4.69, 9.17) is 0 Å². The van der Waals surface area contributed by atoms with Crippen LogP contribution < -0.4 is 0 Å². The van der Waals surface area contributed by atoms with Crippen molar-refractivity contribution >= 4 is 29.2 Å². The second-order valence-corrected chi connectivity index (χ2v) is 10.2. The summed E-state index contributed by atoms with van der Waals surface area (Å²) in [6.07, 6.45) is 10.7. The first-order valence-corrected chi connectivity index (χ1v) is 12.2. The Bertz CT molecular complexity index is 1460. The number of fused-ring (bicyclic) bond motifs is 3. The molecule has 0 heterocycles. The second kappa shape index (κ2) is 8.63. The van der Waals surface area contributed by atoms with Crippen molar-refractivity contribution in [3.8, 4) is 0 Å². The van der Waals surface area contributed by atoms with Crippen LogP contribution in [0.25, 0.3) is 6.08 Å². The van der Waals surface area contributed by atoms with Gasteiger partial charge in [-0.15, -0.1) is 0 Å². The fourth-order valence-corrected chi connectivity index (χ4v) is 5.99. The maximum Gasteiger partial charge on any atom is 0.182 e. The van der Waals surface area contributed by atoms with E-state index in [-0.39, 0.29) is 23.1 Å². The van der Waals surface area contributed by atoms with Gasteiger partial charge in [0.05, 0.1) is 17.3 Å². The number of carbonyl (C=O) groups is 4. The number of allylic oxidation sites excluding steroid dienone is 7. The quantitative estimate of drug-likeness (QED) is 0.604. The number of hydrogen-bond acceptors (Lipinski definition) is 4. The molecule has 0 fully saturated rings. The van der Waals surface area contributed by atoms with E-state index >= 15 is 0 Å². The molecule has 0 spiro atoms. The van der Waals surface area contributed by atoms with Crippen LogP contribution in [0.4, 0.5) is 0 Å². The normalized spacial score (nSPS) is 27.3. The third-order valence-corrected chi connectivity index (χ3v) is 7.91. The van der Waals surface area contributed by atoms with Gasteiger partial charge in [-0.05, 0) is 74.3 Å². The van der Waals surface area contributed by atoms with Crippen LogP contribution in [0.15, 0.2) is 78.4 Å². The molecular formula is C32H28O4. The summed E-state index contributed by atoms with van der Waals surface area (Å²) >= 11 is 0. The first-order chi connectivity index (χ1) is 17.1. The lowest BCUT2D eigenvalue weighted by atomic mass is 9.49. The molecule has 0 radical (unpaired) electrons. The van der Waals surface area contributed by atoms with Crippen LogP contribution >= 0.6 is 0 Å². The Morgan fingerprint density at radius 1 is 0.750 bits per heavy atom. The molecule has 0 unspecified atom stereocenters. The predicted molar refractivity (Wildman–Crippen MR) is 139 cm³/mol. The number of rotatable bonds is 3. The van der Waals surface area contributed by atoms with Crippen LogP contribution in [0, 0.1) is 44.9 Å². The van der Waals surface area contributed by atoms with Crippen LogP contribution in [0.5, 0.6) is 0 Å². The number of carbonyl (C=O) groups excluding carboxylic acids is 4. The first kappa shape index (κ1) is 23.8. The molecule has 0 saturated carbocycles. The van der Waals surface area contributed by atoms with E-state index < -0.39 is 23.2 Å². The van der Waals surface area contributed by atoms with Crippen LogP contribution in [-0.2, 0) is 19.2 Å². The Balaban J connectivity index is 1.84. The highest BCUT2D eigenvalue weighted by Gasteiger charge is 2.60. The third kappa shape index (κ3) is 3.60. The van der Waals surface area contributed by atoms with Gasteiger partial charge in [0.2, 0.25) is 0 Å². The van der Waals surface area contributed by atoms with Gasteiger partial charge in [0, 0.05) is 11.5 Å². The number of aryl methyl sites for hydroxylation is 4. The van der Waals surface area contributed by atoms with Gasteiger partial charge < -0.3 is 0 Å². The fourth-order valence-electron chi connectivity index (χ4n) is 5.99. The maximum absolute atomic E-state index is 14.0. The highest BCUT2D eigenvalue weighted by molar-refractivity contribution is 6.21. The summed E-state index contributed by atoms with van der Waals surface area (Å²) in [5.41, 5.74) is 4.88. The summed E-state index contributed by atoms with van der Waals surface area (Å²) < 4.78 is 0. The molecule has 36 heavy (non-hydrogen) atoms. The Labute approximate surface area is 211 Å². The molecule has 0 aliphatic heterocycles. The summed E-state index contributed by atoms with van der Waals surface area (Å²) in [6.45, 7) is 7.94. The Hall–Kier alpha value is -3.92. The van der Waals surface area contributed by atoms with E-state index in [1.54, 1.807) is 6.08 Å². The largest absolute Gasteiger partial charge is 0.294 e.